The lowest BCUT2D eigenvalue weighted by molar-refractivity contribution is -0.140. The average molecular weight is 425 g/mol. The van der Waals surface area contributed by atoms with Crippen LogP contribution in [0.2, 0.25) is 0 Å². The molecule has 152 valence electrons. The monoisotopic (exact) mass is 425 g/mol. The first-order valence-corrected chi connectivity index (χ1v) is 8.98. The molecular formula is C19H15F4N3O2S. The summed E-state index contributed by atoms with van der Waals surface area (Å²) in [6, 6.07) is 9.77. The molecule has 0 fully saturated rings. The molecule has 0 spiro atoms. The fourth-order valence-electron chi connectivity index (χ4n) is 2.44. The summed E-state index contributed by atoms with van der Waals surface area (Å²) in [4.78, 5) is 3.48. The molecule has 1 N–H and O–H groups in total. The van der Waals surface area contributed by atoms with Crippen LogP contribution < -0.4 is 14.9 Å². The molecule has 29 heavy (non-hydrogen) atoms. The summed E-state index contributed by atoms with van der Waals surface area (Å²) < 4.78 is 63.5. The maximum absolute atomic E-state index is 13.4. The molecule has 0 atom stereocenters. The number of methoxy groups -OCH3 is 2. The van der Waals surface area contributed by atoms with E-state index in [0.717, 1.165) is 23.5 Å². The second-order valence-electron chi connectivity index (χ2n) is 5.68. The van der Waals surface area contributed by atoms with Crippen molar-refractivity contribution < 1.29 is 27.0 Å². The zero-order chi connectivity index (χ0) is 21.0. The topological polar surface area (TPSA) is 55.7 Å². The summed E-state index contributed by atoms with van der Waals surface area (Å²) in [5, 5.41) is 3.89. The van der Waals surface area contributed by atoms with Gasteiger partial charge in [0.05, 0.1) is 25.3 Å². The molecule has 0 amide bonds. The van der Waals surface area contributed by atoms with Gasteiger partial charge in [-0.05, 0) is 29.8 Å². The Balaban J connectivity index is 1.87. The third kappa shape index (κ3) is 4.83. The summed E-state index contributed by atoms with van der Waals surface area (Å²) in [6.45, 7) is 0. The summed E-state index contributed by atoms with van der Waals surface area (Å²) in [5.74, 6) is 0.533. The minimum atomic E-state index is -4.66. The Hall–Kier alpha value is -3.14. The van der Waals surface area contributed by atoms with Crippen molar-refractivity contribution in [3.05, 3.63) is 59.5 Å². The number of hydrazone groups is 1. The van der Waals surface area contributed by atoms with E-state index in [0.29, 0.717) is 17.1 Å². The van der Waals surface area contributed by atoms with Crippen molar-refractivity contribution in [3.8, 4) is 21.9 Å². The normalized spacial score (nSPS) is 11.7. The molecule has 0 aliphatic carbocycles. The fourth-order valence-corrected chi connectivity index (χ4v) is 3.38. The SMILES string of the molecule is COc1ccc(/C=N\Nc2nc(C(F)(F)F)c(-c3ccc(F)cc3)s2)c(OC)c1. The number of hydrogen-bond donors (Lipinski definition) is 1. The number of ether oxygens (including phenoxy) is 2. The first kappa shape index (κ1) is 20.6. The maximum Gasteiger partial charge on any atom is 0.434 e. The Morgan fingerprint density at radius 3 is 2.41 bits per heavy atom. The van der Waals surface area contributed by atoms with Crippen LogP contribution >= 0.6 is 11.3 Å². The van der Waals surface area contributed by atoms with E-state index in [9.17, 15) is 17.6 Å². The van der Waals surface area contributed by atoms with E-state index in [-0.39, 0.29) is 15.6 Å². The van der Waals surface area contributed by atoms with Crippen molar-refractivity contribution in [1.29, 1.82) is 0 Å². The van der Waals surface area contributed by atoms with Crippen molar-refractivity contribution in [2.45, 2.75) is 6.18 Å². The molecular weight excluding hydrogens is 410 g/mol. The van der Waals surface area contributed by atoms with E-state index in [1.54, 1.807) is 18.2 Å². The van der Waals surface area contributed by atoms with Gasteiger partial charge in [-0.3, -0.25) is 5.43 Å². The van der Waals surface area contributed by atoms with E-state index in [4.69, 9.17) is 9.47 Å². The second-order valence-corrected chi connectivity index (χ2v) is 6.68. The lowest BCUT2D eigenvalue weighted by Crippen LogP contribution is -2.07. The molecule has 3 rings (SSSR count). The van der Waals surface area contributed by atoms with E-state index >= 15 is 0 Å². The Morgan fingerprint density at radius 1 is 1.07 bits per heavy atom. The molecule has 3 aromatic rings. The molecule has 0 saturated carbocycles. The minimum Gasteiger partial charge on any atom is -0.497 e. The first-order chi connectivity index (χ1) is 13.8. The summed E-state index contributed by atoms with van der Waals surface area (Å²) in [6.07, 6.45) is -3.27. The number of rotatable bonds is 6. The lowest BCUT2D eigenvalue weighted by Gasteiger charge is -2.06. The number of benzene rings is 2. The highest BCUT2D eigenvalue weighted by Gasteiger charge is 2.38. The van der Waals surface area contributed by atoms with Gasteiger partial charge in [0.2, 0.25) is 5.13 Å². The molecule has 5 nitrogen and oxygen atoms in total. The van der Waals surface area contributed by atoms with Gasteiger partial charge >= 0.3 is 6.18 Å². The number of hydrogen-bond acceptors (Lipinski definition) is 6. The fraction of sp³-hybridized carbons (Fsp3) is 0.158. The van der Waals surface area contributed by atoms with Crippen LogP contribution in [0.4, 0.5) is 22.7 Å². The van der Waals surface area contributed by atoms with E-state index < -0.39 is 17.7 Å². The van der Waals surface area contributed by atoms with Gasteiger partial charge in [0.1, 0.15) is 17.3 Å². The smallest absolute Gasteiger partial charge is 0.434 e. The van der Waals surface area contributed by atoms with Crippen LogP contribution in [0, 0.1) is 5.82 Å². The molecule has 10 heteroatoms. The number of halogens is 4. The van der Waals surface area contributed by atoms with Crippen molar-refractivity contribution in [3.63, 3.8) is 0 Å². The molecule has 1 aromatic heterocycles. The Labute approximate surface area is 167 Å². The maximum atomic E-state index is 13.4. The first-order valence-electron chi connectivity index (χ1n) is 8.17. The van der Waals surface area contributed by atoms with Crippen LogP contribution in [0.25, 0.3) is 10.4 Å². The largest absolute Gasteiger partial charge is 0.497 e. The number of nitrogens with one attached hydrogen (secondary N) is 1. The number of aromatic nitrogens is 1. The standard InChI is InChI=1S/C19H15F4N3O2S/c1-27-14-8-5-12(15(9-14)28-2)10-24-26-18-25-17(19(21,22)23)16(29-18)11-3-6-13(20)7-4-11/h3-10H,1-2H3,(H,25,26)/b24-10-. The highest BCUT2D eigenvalue weighted by molar-refractivity contribution is 7.19. The molecule has 2 aromatic carbocycles. The predicted octanol–water partition coefficient (Wildman–Crippen LogP) is 5.43. The quantitative estimate of drug-likeness (QED) is 0.325. The summed E-state index contributed by atoms with van der Waals surface area (Å²) in [5.41, 5.74) is 2.24. The summed E-state index contributed by atoms with van der Waals surface area (Å²) >= 11 is 0.767. The van der Waals surface area contributed by atoms with Gasteiger partial charge in [-0.15, -0.1) is 0 Å². The molecule has 0 unspecified atom stereocenters. The van der Waals surface area contributed by atoms with Crippen molar-refractivity contribution in [2.24, 2.45) is 5.10 Å². The number of nitrogens with zero attached hydrogens (tertiary/aromatic N) is 2. The van der Waals surface area contributed by atoms with Gasteiger partial charge in [0.15, 0.2) is 5.69 Å². The van der Waals surface area contributed by atoms with Crippen LogP contribution in [0.3, 0.4) is 0 Å². The van der Waals surface area contributed by atoms with Crippen LogP contribution in [0.1, 0.15) is 11.3 Å². The molecule has 0 aliphatic heterocycles. The Morgan fingerprint density at radius 2 is 1.79 bits per heavy atom. The van der Waals surface area contributed by atoms with E-state index in [1.165, 1.54) is 32.6 Å². The molecule has 0 aliphatic rings. The van der Waals surface area contributed by atoms with Gasteiger partial charge in [-0.2, -0.15) is 18.3 Å². The highest BCUT2D eigenvalue weighted by Crippen LogP contribution is 2.42. The van der Waals surface area contributed by atoms with Crippen molar-refractivity contribution in [1.82, 2.24) is 4.98 Å². The van der Waals surface area contributed by atoms with Crippen molar-refractivity contribution >= 4 is 22.7 Å². The number of thiazole rings is 1. The predicted molar refractivity (Wildman–Crippen MR) is 103 cm³/mol. The molecule has 0 bridgehead atoms. The van der Waals surface area contributed by atoms with Gasteiger partial charge < -0.3 is 9.47 Å². The van der Waals surface area contributed by atoms with E-state index in [1.807, 2.05) is 0 Å². The third-order valence-corrected chi connectivity index (χ3v) is 4.82. The second kappa shape index (κ2) is 8.48. The van der Waals surface area contributed by atoms with Crippen molar-refractivity contribution in [2.75, 3.05) is 19.6 Å². The highest BCUT2D eigenvalue weighted by atomic mass is 32.1. The number of anilines is 1. The van der Waals surface area contributed by atoms with E-state index in [2.05, 4.69) is 15.5 Å². The lowest BCUT2D eigenvalue weighted by atomic mass is 10.1. The van der Waals surface area contributed by atoms with Crippen LogP contribution in [-0.4, -0.2) is 25.4 Å². The zero-order valence-corrected chi connectivity index (χ0v) is 16.1. The Kier molecular flexibility index (Phi) is 6.02. The van der Waals surface area contributed by atoms with Gasteiger partial charge in [-0.1, -0.05) is 23.5 Å². The van der Waals surface area contributed by atoms with Crippen LogP contribution in [0.15, 0.2) is 47.6 Å². The molecule has 0 radical (unpaired) electrons. The zero-order valence-electron chi connectivity index (χ0n) is 15.2. The average Bonchev–Trinajstić information content (AvgIpc) is 3.13. The van der Waals surface area contributed by atoms with Crippen LogP contribution in [0.5, 0.6) is 11.5 Å². The molecule has 1 heterocycles. The number of alkyl halides is 3. The van der Waals surface area contributed by atoms with Gasteiger partial charge in [0, 0.05) is 11.6 Å². The van der Waals surface area contributed by atoms with Gasteiger partial charge in [-0.25, -0.2) is 9.37 Å². The Bertz CT molecular complexity index is 1020. The molecule has 0 saturated heterocycles. The van der Waals surface area contributed by atoms with Crippen LogP contribution in [-0.2, 0) is 6.18 Å². The van der Waals surface area contributed by atoms with Gasteiger partial charge in [0.25, 0.3) is 0 Å². The summed E-state index contributed by atoms with van der Waals surface area (Å²) in [7, 11) is 2.99. The third-order valence-electron chi connectivity index (χ3n) is 3.81. The minimum absolute atomic E-state index is 0.0552.